The molecule has 0 bridgehead atoms. The molecule has 0 unspecified atom stereocenters. The Morgan fingerprint density at radius 1 is 0.886 bits per heavy atom. The summed E-state index contributed by atoms with van der Waals surface area (Å²) in [6, 6.07) is 23.5. The largest absolute Gasteiger partial charge is 0.489 e. The SMILES string of the molecule is COC(=O)Cc1ccc(-c2ccco2)cc1OCc1cc(-c2cccc(CN)c2)c2occc2c1. The highest BCUT2D eigenvalue weighted by atomic mass is 16.5. The zero-order valence-electron chi connectivity index (χ0n) is 19.3. The lowest BCUT2D eigenvalue weighted by Gasteiger charge is -2.14. The van der Waals surface area contributed by atoms with E-state index < -0.39 is 0 Å². The number of benzene rings is 3. The second-order valence-corrected chi connectivity index (χ2v) is 8.23. The molecule has 0 radical (unpaired) electrons. The number of esters is 1. The highest BCUT2D eigenvalue weighted by molar-refractivity contribution is 5.93. The molecule has 0 aliphatic heterocycles. The predicted octanol–water partition coefficient (Wildman–Crippen LogP) is 6.11. The number of carbonyl (C=O) groups excluding carboxylic acids is 1. The topological polar surface area (TPSA) is 87.8 Å². The Morgan fingerprint density at radius 2 is 1.80 bits per heavy atom. The zero-order valence-corrected chi connectivity index (χ0v) is 19.3. The van der Waals surface area contributed by atoms with Gasteiger partial charge in [-0.05, 0) is 59.2 Å². The number of carbonyl (C=O) groups is 1. The predicted molar refractivity (Wildman–Crippen MR) is 134 cm³/mol. The molecule has 6 nitrogen and oxygen atoms in total. The van der Waals surface area contributed by atoms with Gasteiger partial charge in [0.1, 0.15) is 23.7 Å². The Labute approximate surface area is 202 Å². The fraction of sp³-hybridized carbons (Fsp3) is 0.138. The minimum absolute atomic E-state index is 0.113. The lowest BCUT2D eigenvalue weighted by molar-refractivity contribution is -0.139. The Morgan fingerprint density at radius 3 is 2.60 bits per heavy atom. The van der Waals surface area contributed by atoms with Crippen molar-refractivity contribution < 1.29 is 23.1 Å². The van der Waals surface area contributed by atoms with Crippen LogP contribution >= 0.6 is 0 Å². The number of hydrogen-bond acceptors (Lipinski definition) is 6. The van der Waals surface area contributed by atoms with Crippen LogP contribution in [0.3, 0.4) is 0 Å². The summed E-state index contributed by atoms with van der Waals surface area (Å²) in [7, 11) is 1.38. The maximum Gasteiger partial charge on any atom is 0.310 e. The first-order valence-electron chi connectivity index (χ1n) is 11.3. The molecule has 0 aliphatic rings. The van der Waals surface area contributed by atoms with Crippen LogP contribution in [0.1, 0.15) is 16.7 Å². The molecule has 0 fully saturated rings. The molecular formula is C29H25NO5. The monoisotopic (exact) mass is 467 g/mol. The first kappa shape index (κ1) is 22.5. The molecule has 3 aromatic carbocycles. The minimum atomic E-state index is -0.331. The first-order chi connectivity index (χ1) is 17.1. The molecule has 2 aromatic heterocycles. The van der Waals surface area contributed by atoms with E-state index in [4.69, 9.17) is 24.0 Å². The van der Waals surface area contributed by atoms with Crippen molar-refractivity contribution in [1.82, 2.24) is 0 Å². The van der Waals surface area contributed by atoms with E-state index in [1.165, 1.54) is 7.11 Å². The summed E-state index contributed by atoms with van der Waals surface area (Å²) in [4.78, 5) is 12.0. The second-order valence-electron chi connectivity index (χ2n) is 8.23. The third-order valence-corrected chi connectivity index (χ3v) is 5.91. The number of fused-ring (bicyclic) bond motifs is 1. The maximum atomic E-state index is 12.0. The van der Waals surface area contributed by atoms with Gasteiger partial charge in [-0.2, -0.15) is 0 Å². The van der Waals surface area contributed by atoms with Crippen molar-refractivity contribution in [2.24, 2.45) is 5.73 Å². The summed E-state index contributed by atoms with van der Waals surface area (Å²) in [5, 5.41) is 0.985. The van der Waals surface area contributed by atoms with Crippen LogP contribution in [-0.4, -0.2) is 13.1 Å². The minimum Gasteiger partial charge on any atom is -0.489 e. The number of ether oxygens (including phenoxy) is 2. The molecule has 0 saturated heterocycles. The van der Waals surface area contributed by atoms with Gasteiger partial charge in [0, 0.05) is 28.6 Å². The van der Waals surface area contributed by atoms with Crippen LogP contribution in [0, 0.1) is 0 Å². The summed E-state index contributed by atoms with van der Waals surface area (Å²) in [6.45, 7) is 0.771. The van der Waals surface area contributed by atoms with E-state index in [0.29, 0.717) is 18.9 Å². The maximum absolute atomic E-state index is 12.0. The lowest BCUT2D eigenvalue weighted by atomic mass is 9.99. The van der Waals surface area contributed by atoms with Crippen molar-refractivity contribution >= 4 is 16.9 Å². The van der Waals surface area contributed by atoms with Crippen LogP contribution < -0.4 is 10.5 Å². The number of rotatable bonds is 8. The molecule has 0 atom stereocenters. The molecule has 0 aliphatic carbocycles. The van der Waals surface area contributed by atoms with Crippen LogP contribution in [0.25, 0.3) is 33.4 Å². The van der Waals surface area contributed by atoms with Gasteiger partial charge >= 0.3 is 5.97 Å². The van der Waals surface area contributed by atoms with Gasteiger partial charge in [-0.3, -0.25) is 4.79 Å². The number of furan rings is 2. The van der Waals surface area contributed by atoms with Crippen LogP contribution in [-0.2, 0) is 29.1 Å². The van der Waals surface area contributed by atoms with Crippen molar-refractivity contribution in [2.45, 2.75) is 19.6 Å². The normalized spacial score (nSPS) is 11.0. The smallest absolute Gasteiger partial charge is 0.310 e. The van der Waals surface area contributed by atoms with Gasteiger partial charge < -0.3 is 24.0 Å². The first-order valence-corrected chi connectivity index (χ1v) is 11.3. The molecule has 5 aromatic rings. The zero-order chi connectivity index (χ0) is 24.2. The molecule has 6 heteroatoms. The molecule has 5 rings (SSSR count). The van der Waals surface area contributed by atoms with Gasteiger partial charge in [0.05, 0.1) is 26.1 Å². The average molecular weight is 468 g/mol. The summed E-state index contributed by atoms with van der Waals surface area (Å²) >= 11 is 0. The fourth-order valence-electron chi connectivity index (χ4n) is 4.13. The van der Waals surface area contributed by atoms with Crippen molar-refractivity contribution in [1.29, 1.82) is 0 Å². The highest BCUT2D eigenvalue weighted by Gasteiger charge is 2.14. The molecule has 0 amide bonds. The quantitative estimate of drug-likeness (QED) is 0.277. The van der Waals surface area contributed by atoms with Gasteiger partial charge in [0.15, 0.2) is 0 Å². The van der Waals surface area contributed by atoms with Crippen LogP contribution in [0.15, 0.2) is 94.2 Å². The molecule has 35 heavy (non-hydrogen) atoms. The van der Waals surface area contributed by atoms with E-state index in [-0.39, 0.29) is 12.4 Å². The molecule has 2 N–H and O–H groups in total. The van der Waals surface area contributed by atoms with Crippen molar-refractivity contribution in [3.63, 3.8) is 0 Å². The standard InChI is InChI=1S/C29H25NO5/c1-32-28(31)16-23-8-7-22(26-6-3-10-33-26)15-27(23)35-18-20-13-24-9-11-34-29(24)25(14-20)21-5-2-4-19(12-21)17-30/h2-15H,16-18,30H2,1H3. The Bertz CT molecular complexity index is 1470. The second kappa shape index (κ2) is 9.91. The van der Waals surface area contributed by atoms with Crippen LogP contribution in [0.2, 0.25) is 0 Å². The van der Waals surface area contributed by atoms with Crippen molar-refractivity contribution in [2.75, 3.05) is 7.11 Å². The van der Waals surface area contributed by atoms with Crippen molar-refractivity contribution in [3.05, 3.63) is 102 Å². The number of hydrogen-bond donors (Lipinski definition) is 1. The summed E-state index contributed by atoms with van der Waals surface area (Å²) in [5.74, 6) is 0.993. The highest BCUT2D eigenvalue weighted by Crippen LogP contribution is 2.33. The summed E-state index contributed by atoms with van der Waals surface area (Å²) in [5.41, 5.74) is 12.3. The van der Waals surface area contributed by atoms with Crippen LogP contribution in [0.5, 0.6) is 5.75 Å². The molecule has 0 spiro atoms. The van der Waals surface area contributed by atoms with E-state index >= 15 is 0 Å². The average Bonchev–Trinajstić information content (AvgIpc) is 3.60. The molecule has 176 valence electrons. The van der Waals surface area contributed by atoms with E-state index in [2.05, 4.69) is 12.1 Å². The molecular weight excluding hydrogens is 442 g/mol. The summed E-state index contributed by atoms with van der Waals surface area (Å²) < 4.78 is 22.5. The van der Waals surface area contributed by atoms with Gasteiger partial charge in [-0.25, -0.2) is 0 Å². The lowest BCUT2D eigenvalue weighted by Crippen LogP contribution is -2.07. The molecule has 0 saturated carbocycles. The van der Waals surface area contributed by atoms with E-state index in [0.717, 1.165) is 50.1 Å². The Kier molecular flexibility index (Phi) is 6.37. The van der Waals surface area contributed by atoms with E-state index in [1.54, 1.807) is 12.5 Å². The van der Waals surface area contributed by atoms with Gasteiger partial charge in [0.25, 0.3) is 0 Å². The van der Waals surface area contributed by atoms with Gasteiger partial charge in [-0.1, -0.05) is 30.3 Å². The van der Waals surface area contributed by atoms with Crippen molar-refractivity contribution in [3.8, 4) is 28.2 Å². The third kappa shape index (κ3) is 4.83. The summed E-state index contributed by atoms with van der Waals surface area (Å²) in [6.07, 6.45) is 3.43. The molecule has 2 heterocycles. The fourth-order valence-corrected chi connectivity index (χ4v) is 4.13. The Hall–Kier alpha value is -4.29. The van der Waals surface area contributed by atoms with E-state index in [1.807, 2.05) is 60.7 Å². The van der Waals surface area contributed by atoms with Gasteiger partial charge in [-0.15, -0.1) is 0 Å². The van der Waals surface area contributed by atoms with Crippen LogP contribution in [0.4, 0.5) is 0 Å². The van der Waals surface area contributed by atoms with Gasteiger partial charge in [0.2, 0.25) is 0 Å². The number of methoxy groups -OCH3 is 1. The van der Waals surface area contributed by atoms with E-state index in [9.17, 15) is 4.79 Å². The third-order valence-electron chi connectivity index (χ3n) is 5.91. The number of nitrogens with two attached hydrogens (primary N) is 1. The Balaban J connectivity index is 1.49.